The third-order valence-electron chi connectivity index (χ3n) is 3.27. The highest BCUT2D eigenvalue weighted by Gasteiger charge is 2.27. The lowest BCUT2D eigenvalue weighted by Gasteiger charge is -2.24. The highest BCUT2D eigenvalue weighted by molar-refractivity contribution is 7.92. The summed E-state index contributed by atoms with van der Waals surface area (Å²) in [5.74, 6) is -1.20. The molecule has 0 atom stereocenters. The zero-order valence-corrected chi connectivity index (χ0v) is 13.8. The van der Waals surface area contributed by atoms with Crippen molar-refractivity contribution >= 4 is 21.7 Å². The van der Waals surface area contributed by atoms with Crippen LogP contribution in [0.3, 0.4) is 0 Å². The van der Waals surface area contributed by atoms with Crippen molar-refractivity contribution in [3.8, 4) is 0 Å². The molecule has 0 aromatic heterocycles. The molecule has 0 amide bonds. The van der Waals surface area contributed by atoms with E-state index < -0.39 is 21.8 Å². The Labute approximate surface area is 140 Å². The van der Waals surface area contributed by atoms with Gasteiger partial charge < -0.3 is 4.74 Å². The van der Waals surface area contributed by atoms with Gasteiger partial charge in [-0.1, -0.05) is 18.2 Å². The average Bonchev–Trinajstić information content (AvgIpc) is 2.59. The summed E-state index contributed by atoms with van der Waals surface area (Å²) in [5.41, 5.74) is 0.265. The summed E-state index contributed by atoms with van der Waals surface area (Å²) in [4.78, 5) is 11.8. The SMILES string of the molecule is C=CCN(c1ccccc1C(=O)OC)S(=O)(=O)c1ccc(F)cc1. The first kappa shape index (κ1) is 17.7. The number of hydrogen-bond acceptors (Lipinski definition) is 4. The third kappa shape index (κ3) is 3.46. The van der Waals surface area contributed by atoms with Crippen molar-refractivity contribution in [3.63, 3.8) is 0 Å². The molecule has 0 unspecified atom stereocenters. The molecule has 0 saturated carbocycles. The Morgan fingerprint density at radius 3 is 2.42 bits per heavy atom. The Morgan fingerprint density at radius 1 is 1.21 bits per heavy atom. The minimum Gasteiger partial charge on any atom is -0.465 e. The summed E-state index contributed by atoms with van der Waals surface area (Å²) in [7, 11) is -2.80. The number of carbonyl (C=O) groups excluding carboxylic acids is 1. The summed E-state index contributed by atoms with van der Waals surface area (Å²) in [6.07, 6.45) is 1.40. The predicted molar refractivity (Wildman–Crippen MR) is 88.9 cm³/mol. The lowest BCUT2D eigenvalue weighted by atomic mass is 10.2. The number of ether oxygens (including phenoxy) is 1. The van der Waals surface area contributed by atoms with E-state index in [2.05, 4.69) is 6.58 Å². The molecule has 0 aliphatic heterocycles. The van der Waals surface area contributed by atoms with Crippen LogP contribution in [0.1, 0.15) is 10.4 Å². The van der Waals surface area contributed by atoms with E-state index in [1.807, 2.05) is 0 Å². The summed E-state index contributed by atoms with van der Waals surface area (Å²) >= 11 is 0. The first-order valence-electron chi connectivity index (χ1n) is 6.98. The maximum Gasteiger partial charge on any atom is 0.340 e. The summed E-state index contributed by atoms with van der Waals surface area (Å²) in [6, 6.07) is 10.6. The van der Waals surface area contributed by atoms with Crippen molar-refractivity contribution in [2.45, 2.75) is 4.90 Å². The number of esters is 1. The fraction of sp³-hybridized carbons (Fsp3) is 0.118. The zero-order chi connectivity index (χ0) is 17.7. The molecule has 24 heavy (non-hydrogen) atoms. The van der Waals surface area contributed by atoms with Crippen molar-refractivity contribution in [2.75, 3.05) is 18.0 Å². The highest BCUT2D eigenvalue weighted by Crippen LogP contribution is 2.27. The average molecular weight is 349 g/mol. The van der Waals surface area contributed by atoms with Crippen LogP contribution in [0.25, 0.3) is 0 Å². The Bertz CT molecular complexity index is 847. The molecule has 0 fully saturated rings. The van der Waals surface area contributed by atoms with Gasteiger partial charge >= 0.3 is 5.97 Å². The van der Waals surface area contributed by atoms with Crippen LogP contribution in [0.4, 0.5) is 10.1 Å². The van der Waals surface area contributed by atoms with Gasteiger partial charge in [-0.05, 0) is 36.4 Å². The monoisotopic (exact) mass is 349 g/mol. The molecular weight excluding hydrogens is 333 g/mol. The molecule has 0 saturated heterocycles. The van der Waals surface area contributed by atoms with Crippen molar-refractivity contribution in [2.24, 2.45) is 0 Å². The van der Waals surface area contributed by atoms with Gasteiger partial charge in [-0.25, -0.2) is 17.6 Å². The summed E-state index contributed by atoms with van der Waals surface area (Å²) in [5, 5.41) is 0. The van der Waals surface area contributed by atoms with E-state index in [1.54, 1.807) is 12.1 Å². The van der Waals surface area contributed by atoms with Crippen molar-refractivity contribution < 1.29 is 22.3 Å². The quantitative estimate of drug-likeness (QED) is 0.594. The molecule has 0 heterocycles. The molecule has 0 N–H and O–H groups in total. The maximum atomic E-state index is 13.1. The number of para-hydroxylation sites is 1. The van der Waals surface area contributed by atoms with E-state index in [9.17, 15) is 17.6 Å². The van der Waals surface area contributed by atoms with Crippen molar-refractivity contribution in [1.29, 1.82) is 0 Å². The fourth-order valence-electron chi connectivity index (χ4n) is 2.15. The van der Waals surface area contributed by atoms with Crippen LogP contribution < -0.4 is 4.31 Å². The van der Waals surface area contributed by atoms with Gasteiger partial charge in [0.1, 0.15) is 5.82 Å². The lowest BCUT2D eigenvalue weighted by Crippen LogP contribution is -2.32. The minimum atomic E-state index is -4.01. The number of sulfonamides is 1. The summed E-state index contributed by atoms with van der Waals surface area (Å²) < 4.78 is 44.6. The van der Waals surface area contributed by atoms with Crippen LogP contribution in [-0.4, -0.2) is 28.0 Å². The Balaban J connectivity index is 2.60. The molecule has 0 aliphatic carbocycles. The van der Waals surface area contributed by atoms with E-state index >= 15 is 0 Å². The van der Waals surface area contributed by atoms with E-state index in [0.29, 0.717) is 0 Å². The second-order valence-electron chi connectivity index (χ2n) is 4.79. The van der Waals surface area contributed by atoms with E-state index in [-0.39, 0.29) is 22.7 Å². The van der Waals surface area contributed by atoms with Crippen LogP contribution in [0.15, 0.2) is 66.1 Å². The van der Waals surface area contributed by atoms with E-state index in [0.717, 1.165) is 16.4 Å². The highest BCUT2D eigenvalue weighted by atomic mass is 32.2. The molecule has 2 aromatic carbocycles. The van der Waals surface area contributed by atoms with Gasteiger partial charge in [0.05, 0.1) is 29.8 Å². The number of hydrogen-bond donors (Lipinski definition) is 0. The first-order chi connectivity index (χ1) is 11.4. The number of anilines is 1. The normalized spacial score (nSPS) is 10.9. The number of methoxy groups -OCH3 is 1. The van der Waals surface area contributed by atoms with Gasteiger partial charge in [-0.2, -0.15) is 0 Å². The summed E-state index contributed by atoms with van der Waals surface area (Å²) in [6.45, 7) is 3.50. The number of carbonyl (C=O) groups is 1. The minimum absolute atomic E-state index is 0.0618. The van der Waals surface area contributed by atoms with Crippen LogP contribution in [-0.2, 0) is 14.8 Å². The standard InChI is InChI=1S/C17H16FNO4S/c1-3-12-19(16-7-5-4-6-15(16)17(20)23-2)24(21,22)14-10-8-13(18)9-11-14/h3-11H,1,12H2,2H3. The number of nitrogens with zero attached hydrogens (tertiary/aromatic N) is 1. The van der Waals surface area contributed by atoms with Gasteiger partial charge in [0.25, 0.3) is 10.0 Å². The van der Waals surface area contributed by atoms with Crippen molar-refractivity contribution in [3.05, 3.63) is 72.6 Å². The molecule has 0 aliphatic rings. The largest absolute Gasteiger partial charge is 0.465 e. The van der Waals surface area contributed by atoms with Crippen LogP contribution in [0.5, 0.6) is 0 Å². The number of halogens is 1. The second-order valence-corrected chi connectivity index (χ2v) is 6.65. The molecule has 0 spiro atoms. The molecule has 7 heteroatoms. The van der Waals surface area contributed by atoms with Gasteiger partial charge in [0.15, 0.2) is 0 Å². The van der Waals surface area contributed by atoms with E-state index in [4.69, 9.17) is 4.74 Å². The predicted octanol–water partition coefficient (Wildman–Crippen LogP) is 2.99. The lowest BCUT2D eigenvalue weighted by molar-refractivity contribution is 0.0601. The number of rotatable bonds is 6. The molecule has 0 radical (unpaired) electrons. The maximum absolute atomic E-state index is 13.1. The fourth-order valence-corrected chi connectivity index (χ4v) is 3.61. The molecule has 0 bridgehead atoms. The topological polar surface area (TPSA) is 63.7 Å². The van der Waals surface area contributed by atoms with Crippen molar-refractivity contribution in [1.82, 2.24) is 0 Å². The Hall–Kier alpha value is -2.67. The Morgan fingerprint density at radius 2 is 1.83 bits per heavy atom. The zero-order valence-electron chi connectivity index (χ0n) is 13.0. The van der Waals surface area contributed by atoms with Gasteiger partial charge in [-0.3, -0.25) is 4.31 Å². The van der Waals surface area contributed by atoms with Crippen LogP contribution in [0.2, 0.25) is 0 Å². The molecular formula is C17H16FNO4S. The molecule has 2 aromatic rings. The smallest absolute Gasteiger partial charge is 0.340 e. The molecule has 126 valence electrons. The molecule has 2 rings (SSSR count). The second kappa shape index (κ2) is 7.27. The first-order valence-corrected chi connectivity index (χ1v) is 8.42. The Kier molecular flexibility index (Phi) is 5.35. The van der Waals surface area contributed by atoms with Crippen LogP contribution in [0, 0.1) is 5.82 Å². The van der Waals surface area contributed by atoms with Gasteiger partial charge in [-0.15, -0.1) is 6.58 Å². The molecule has 5 nitrogen and oxygen atoms in total. The van der Waals surface area contributed by atoms with Crippen LogP contribution >= 0.6 is 0 Å². The van der Waals surface area contributed by atoms with Gasteiger partial charge in [0.2, 0.25) is 0 Å². The van der Waals surface area contributed by atoms with E-state index in [1.165, 1.54) is 37.5 Å². The number of benzene rings is 2. The third-order valence-corrected chi connectivity index (χ3v) is 5.07. The van der Waals surface area contributed by atoms with Gasteiger partial charge in [0, 0.05) is 0 Å².